The Hall–Kier alpha value is -9.01. The summed E-state index contributed by atoms with van der Waals surface area (Å²) in [5, 5.41) is 64.4. The van der Waals surface area contributed by atoms with Gasteiger partial charge >= 0.3 is 11.9 Å². The first-order valence-corrected chi connectivity index (χ1v) is 29.3. The van der Waals surface area contributed by atoms with Crippen LogP contribution in [0.25, 0.3) is 34.2 Å². The molecule has 0 atom stereocenters. The Bertz CT molecular complexity index is 3690. The minimum atomic E-state index is -0.549. The average molecular weight is 1670 g/mol. The summed E-state index contributed by atoms with van der Waals surface area (Å²) in [5.41, 5.74) is 14.5. The second kappa shape index (κ2) is 53.9. The summed E-state index contributed by atoms with van der Waals surface area (Å²) in [5.74, 6) is 7.73. The summed E-state index contributed by atoms with van der Waals surface area (Å²) >= 11 is 3.13. The Labute approximate surface area is 617 Å². The number of hydrogen-bond donors (Lipinski definition) is 8. The third-order valence-electron chi connectivity index (χ3n) is 11.1. The molecule has 0 amide bonds. The number of phenols is 3. The molecule has 0 spiro atoms. The molecule has 11 N–H and O–H groups in total. The van der Waals surface area contributed by atoms with Crippen LogP contribution in [0.1, 0.15) is 96.0 Å². The van der Waals surface area contributed by atoms with Crippen molar-refractivity contribution in [3.05, 3.63) is 193 Å². The number of nitriles is 1. The van der Waals surface area contributed by atoms with Gasteiger partial charge in [0, 0.05) is 94.4 Å². The van der Waals surface area contributed by atoms with Crippen molar-refractivity contribution in [1.82, 2.24) is 30.4 Å². The van der Waals surface area contributed by atoms with Crippen LogP contribution in [0.2, 0.25) is 0 Å². The van der Waals surface area contributed by atoms with Gasteiger partial charge in [-0.15, -0.1) is 24.8 Å². The number of oxime groups is 1. The number of halogens is 6. The Morgan fingerprint density at radius 3 is 1.18 bits per heavy atom. The van der Waals surface area contributed by atoms with E-state index in [2.05, 4.69) is 57.4 Å². The van der Waals surface area contributed by atoms with Crippen LogP contribution >= 0.6 is 40.7 Å². The van der Waals surface area contributed by atoms with Crippen molar-refractivity contribution in [2.24, 2.45) is 22.5 Å². The van der Waals surface area contributed by atoms with Gasteiger partial charge in [0.25, 0.3) is 0 Å². The van der Waals surface area contributed by atoms with Crippen LogP contribution in [-0.4, -0.2) is 126 Å². The Morgan fingerprint density at radius 1 is 0.590 bits per heavy atom. The molecule has 0 bridgehead atoms. The number of nitrogens with two attached hydrogens (primary N) is 3. The predicted octanol–water partition coefficient (Wildman–Crippen LogP) is 12.6. The third-order valence-corrected chi connectivity index (χ3v) is 11.8. The van der Waals surface area contributed by atoms with Crippen molar-refractivity contribution in [3.63, 3.8) is 0 Å². The first-order chi connectivity index (χ1) is 45.7. The number of allylic oxidation sites excluding steroid dienone is 1. The van der Waals surface area contributed by atoms with Crippen LogP contribution in [-0.2, 0) is 40.1 Å². The molecule has 8 rings (SSSR count). The smallest absolute Gasteiger partial charge is 0.306 e. The minimum absolute atomic E-state index is 0. The van der Waals surface area contributed by atoms with Gasteiger partial charge in [-0.3, -0.25) is 9.59 Å². The van der Waals surface area contributed by atoms with Crippen molar-refractivity contribution in [2.75, 3.05) is 25.1 Å². The summed E-state index contributed by atoms with van der Waals surface area (Å²) in [4.78, 5) is 35.2. The van der Waals surface area contributed by atoms with Gasteiger partial charge in [-0.25, -0.2) is 19.1 Å². The molecule has 3 aromatic heterocycles. The number of aromatic nitrogens is 6. The fraction of sp³-hybridized carbons (Fsp3) is 0.288. The molecule has 0 aliphatic heterocycles. The van der Waals surface area contributed by atoms with Gasteiger partial charge in [0.05, 0.1) is 30.6 Å². The number of rotatable bonds is 18. The molecular weight excluding hydrogens is 1580 g/mol. The number of amidine groups is 1. The zero-order valence-electron chi connectivity index (χ0n) is 56.0. The molecular formula is C66H85B2BrCl2F3N11O14W-2. The monoisotopic (exact) mass is 1670 g/mol. The number of benzene rings is 5. The molecule has 0 saturated carbocycles. The van der Waals surface area contributed by atoms with E-state index in [0.29, 0.717) is 105 Å². The summed E-state index contributed by atoms with van der Waals surface area (Å²) in [6.07, 6.45) is 2.43. The Balaban J connectivity index is -0.000000560. The van der Waals surface area contributed by atoms with Crippen LogP contribution in [0, 0.1) is 39.5 Å². The number of ether oxygens (including phenoxy) is 4. The van der Waals surface area contributed by atoms with Gasteiger partial charge in [0.1, 0.15) is 53.2 Å². The van der Waals surface area contributed by atoms with E-state index in [1.54, 1.807) is 159 Å². The molecule has 3 heterocycles. The number of nitrogens with zero attached hydrogens (tertiary/aromatic N) is 8. The van der Waals surface area contributed by atoms with E-state index in [9.17, 15) is 22.8 Å². The molecule has 34 heteroatoms. The molecule has 544 valence electrons. The van der Waals surface area contributed by atoms with Gasteiger partial charge in [-0.05, 0) is 187 Å². The van der Waals surface area contributed by atoms with E-state index in [1.807, 2.05) is 6.07 Å². The number of carbonyl (C=O) groups is 2. The van der Waals surface area contributed by atoms with E-state index < -0.39 is 11.2 Å². The van der Waals surface area contributed by atoms with Crippen LogP contribution in [0.5, 0.6) is 28.7 Å². The molecule has 8 aromatic rings. The average Bonchev–Trinajstić information content (AvgIpc) is 1.61. The largest absolute Gasteiger partial charge is 0.508 e. The van der Waals surface area contributed by atoms with E-state index in [1.165, 1.54) is 24.3 Å². The van der Waals surface area contributed by atoms with Gasteiger partial charge in [0.2, 0.25) is 35.1 Å². The van der Waals surface area contributed by atoms with Gasteiger partial charge in [-0.1, -0.05) is 44.3 Å². The second-order valence-electron chi connectivity index (χ2n) is 21.1. The normalized spacial score (nSPS) is 10.6. The molecule has 0 aliphatic rings. The quantitative estimate of drug-likeness (QED) is 0.00578. The Morgan fingerprint density at radius 2 is 0.900 bits per heavy atom. The maximum absolute atomic E-state index is 13.0. The molecule has 5 aromatic carbocycles. The maximum atomic E-state index is 13.0. The van der Waals surface area contributed by atoms with Crippen LogP contribution in [0.4, 0.5) is 13.2 Å². The summed E-state index contributed by atoms with van der Waals surface area (Å²) in [7, 11) is 5.00. The number of hydrogen-bond acceptors (Lipinski definition) is 24. The fourth-order valence-corrected chi connectivity index (χ4v) is 7.00. The van der Waals surface area contributed by atoms with E-state index in [4.69, 9.17) is 82.7 Å². The zero-order chi connectivity index (χ0) is 72.2. The minimum Gasteiger partial charge on any atom is -0.508 e. The molecule has 0 unspecified atom stereocenters. The summed E-state index contributed by atoms with van der Waals surface area (Å²) in [6.45, 7) is 16.3. The van der Waals surface area contributed by atoms with Gasteiger partial charge in [0.15, 0.2) is 5.84 Å². The predicted molar refractivity (Wildman–Crippen MR) is 383 cm³/mol. The van der Waals surface area contributed by atoms with E-state index >= 15 is 0 Å². The first kappa shape index (κ1) is 97.4. The number of aromatic hydroxyl groups is 3. The molecule has 0 saturated heterocycles. The first-order valence-electron chi connectivity index (χ1n) is 28.1. The second-order valence-corrected chi connectivity index (χ2v) is 21.6. The van der Waals surface area contributed by atoms with E-state index in [0.717, 1.165) is 16.7 Å². The number of esters is 2. The van der Waals surface area contributed by atoms with Crippen LogP contribution < -0.4 is 26.8 Å². The van der Waals surface area contributed by atoms with Crippen molar-refractivity contribution >= 4 is 74.0 Å². The molecule has 100 heavy (non-hydrogen) atoms. The molecule has 0 aliphatic carbocycles. The van der Waals surface area contributed by atoms with Crippen LogP contribution in [0.3, 0.4) is 0 Å². The van der Waals surface area contributed by atoms with Crippen molar-refractivity contribution < 1.29 is 102 Å². The third kappa shape index (κ3) is 42.1. The Kier molecular flexibility index (Phi) is 52.5. The number of carbonyl (C=O) groups excluding carboxylic acids is 2. The van der Waals surface area contributed by atoms with Gasteiger partial charge in [-0.2, -0.15) is 28.0 Å². The van der Waals surface area contributed by atoms with Crippen molar-refractivity contribution in [3.8, 4) is 69.0 Å². The number of aryl methyl sites for hydroxylation is 3. The number of phenolic OH excluding ortho intramolecular Hbond substituents is 3. The SMILES string of the molecule is CC(C)(C)OC(=O)CC/C(=C\F)CBr.Cc1nc(-c2ccc(O)cc2)no1.Cc1nc(-c2ccc(OC/C(=C/F)CCC(=O)OC(C)(C)C)cc2)no1.Cc1nc(-c2ccc(OC/C(=C/F)CN)cc2)no1.Cl.Cl.N#Cc1ccc(O)cc1.NC(=NO)c1ccc(O)cc1.NO.[B][BH3-].[CH3-].[W]. The van der Waals surface area contributed by atoms with Gasteiger partial charge < -0.3 is 77.1 Å². The molecule has 2 radical (unpaired) electrons. The van der Waals surface area contributed by atoms with E-state index in [-0.39, 0.29) is 135 Å². The summed E-state index contributed by atoms with van der Waals surface area (Å²) < 4.78 is 73.3. The zero-order valence-corrected chi connectivity index (χ0v) is 62.1. The topological polar surface area (TPSA) is 403 Å². The van der Waals surface area contributed by atoms with Crippen molar-refractivity contribution in [2.45, 2.75) is 99.2 Å². The fourth-order valence-electron chi connectivity index (χ4n) is 6.59. The number of alkyl halides is 1. The standard InChI is InChI=1S/C19H23FN2O4.C13H14FN3O2.C10H16BrFO2.C9H8N2O2.C7H8N2O2.C7H5NO.CH3.B2H3.2ClH.H3NO.W/c1-13-21-18(22-26-13)15-6-8-16(9-7-15)24-12-14(11-20)5-10-17(23)25-19(2,3)4;1-9-16-13(17-19-9)11-2-4-12(5-3-11)18-8-10(6-14)7-15;1-10(2,3)14-9(13)5-4-8(6-11)7-12;1-6-10-9(11-13-6)7-2-4-8(12)5-3-7;8-7(9-11)5-1-3-6(10)4-2-5;8-5-6-1-3-7(9)4-2-6;;1-2;;;1-2;/h6-9,11H,5,10,12H2,1-4H3;2-6H,7-8,15H2,1H3;7H,4-6H2,1-3H3;2-5,12H,1H3;1-4,10-11H,(H2,8,9);1-4,9H;1H3;1H3;2*1H;2H,1H2;/q;;;;;;2*-1;;;;/b14-11+;10-6+;8-7+;;;;;;;;;. The van der Waals surface area contributed by atoms with Crippen molar-refractivity contribution in [1.29, 1.82) is 5.26 Å². The maximum Gasteiger partial charge on any atom is 0.306 e. The van der Waals surface area contributed by atoms with Crippen LogP contribution in [0.15, 0.2) is 176 Å². The molecule has 25 nitrogen and oxygen atoms in total. The summed E-state index contributed by atoms with van der Waals surface area (Å²) in [6, 6.07) is 34.9. The molecule has 0 fully saturated rings.